The minimum Gasteiger partial charge on any atom is -0.507 e. The van der Waals surface area contributed by atoms with Gasteiger partial charge < -0.3 is 14.2 Å². The minimum absolute atomic E-state index is 0. The summed E-state index contributed by atoms with van der Waals surface area (Å²) in [5, 5.41) is 13.7. The summed E-state index contributed by atoms with van der Waals surface area (Å²) in [6.45, 7) is 27.4. The second kappa shape index (κ2) is 19.6. The van der Waals surface area contributed by atoms with Crippen molar-refractivity contribution in [2.75, 3.05) is 0 Å². The summed E-state index contributed by atoms with van der Waals surface area (Å²) < 4.78 is 4.57. The molecule has 0 amide bonds. The Morgan fingerprint density at radius 1 is 0.429 bits per heavy atom. The largest absolute Gasteiger partial charge is 0.507 e. The number of imidazole rings is 1. The smallest absolute Gasteiger partial charge is 0.143 e. The van der Waals surface area contributed by atoms with E-state index in [4.69, 9.17) is 9.97 Å². The fraction of sp³-hybridized carbons (Fsp3) is 0.239. The number of pyridine rings is 1. The van der Waals surface area contributed by atoms with E-state index in [0.29, 0.717) is 11.4 Å². The van der Waals surface area contributed by atoms with Crippen LogP contribution in [0.25, 0.3) is 106 Å². The molecular weight excluding hydrogens is 1120 g/mol. The van der Waals surface area contributed by atoms with Crippen LogP contribution in [0.15, 0.2) is 176 Å². The monoisotopic (exact) mass is 1190 g/mol. The summed E-state index contributed by atoms with van der Waals surface area (Å²) in [5.41, 5.74) is 21.1. The molecule has 0 aliphatic rings. The van der Waals surface area contributed by atoms with E-state index < -0.39 is 0 Å². The second-order valence-electron chi connectivity index (χ2n) is 25.0. The number of rotatable bonds is 7. The first-order valence-corrected chi connectivity index (χ1v) is 26.8. The Kier molecular flexibility index (Phi) is 13.5. The first-order valence-electron chi connectivity index (χ1n) is 26.8. The third-order valence-electron chi connectivity index (χ3n) is 15.4. The molecule has 0 aliphatic heterocycles. The van der Waals surface area contributed by atoms with E-state index in [0.717, 1.165) is 72.4 Å². The van der Waals surface area contributed by atoms with Gasteiger partial charge in [0.05, 0.1) is 27.6 Å². The Labute approximate surface area is 470 Å². The molecule has 0 saturated carbocycles. The molecule has 3 aromatic heterocycles. The van der Waals surface area contributed by atoms with Crippen LogP contribution in [0.2, 0.25) is 0 Å². The van der Waals surface area contributed by atoms with E-state index >= 15 is 0 Å². The Morgan fingerprint density at radius 2 is 1.04 bits per heavy atom. The summed E-state index contributed by atoms with van der Waals surface area (Å²) in [7, 11) is 2.05. The number of fused-ring (bicyclic) bond motifs is 4. The van der Waals surface area contributed by atoms with E-state index in [-0.39, 0.29) is 48.5 Å². The quantitative estimate of drug-likeness (QED) is 0.162. The summed E-state index contributed by atoms with van der Waals surface area (Å²) in [4.78, 5) is 10.5. The van der Waals surface area contributed by atoms with Crippen molar-refractivity contribution in [2.24, 2.45) is 7.05 Å². The van der Waals surface area contributed by atoms with Gasteiger partial charge in [0.2, 0.25) is 0 Å². The molecule has 6 heteroatoms. The van der Waals surface area contributed by atoms with Gasteiger partial charge in [0.25, 0.3) is 0 Å². The van der Waals surface area contributed by atoms with Crippen molar-refractivity contribution in [2.45, 2.75) is 105 Å². The Bertz CT molecular complexity index is 4020. The number of aromatic nitrogens is 4. The van der Waals surface area contributed by atoms with E-state index in [1.54, 1.807) is 6.07 Å². The Hall–Kier alpha value is -7.33. The predicted octanol–water partition coefficient (Wildman–Crippen LogP) is 18.8. The van der Waals surface area contributed by atoms with Crippen LogP contribution in [0.5, 0.6) is 5.75 Å². The summed E-state index contributed by atoms with van der Waals surface area (Å²) in [5.74, 6) is 0.875. The summed E-state index contributed by atoms with van der Waals surface area (Å²) in [6, 6.07) is 65.3. The number of benzene rings is 8. The van der Waals surface area contributed by atoms with E-state index in [2.05, 4.69) is 244 Å². The number of phenols is 1. The van der Waals surface area contributed by atoms with Gasteiger partial charge in [0.1, 0.15) is 11.6 Å². The maximum Gasteiger partial charge on any atom is 0.143 e. The average molecular weight is 1190 g/mol. The van der Waals surface area contributed by atoms with Gasteiger partial charge in [-0.1, -0.05) is 197 Å². The molecule has 0 fully saturated rings. The standard InChI is InChI=1S/C71H69N4O.Pt/c1-68(2,3)50-28-29-55(44-21-15-14-16-22-44)58(43-50)48-37-59(66-64(39-48)74(13)67(73-66)57-24-18-20-26-65(57)76)47-33-49(35-51(34-47)69(4,5)6)61-38-46(31-32-72-61)45-27-30-63-60(36-45)56-23-17-19-25-62(56)75(63)54-41-52(70(7,8)9)40-53(42-54)71(10,11)12;/h14-32,34-43,76H,1-13H3;/q-1;. The van der Waals surface area contributed by atoms with Crippen molar-refractivity contribution >= 4 is 32.8 Å². The molecule has 0 aliphatic carbocycles. The maximum absolute atomic E-state index is 11.2. The van der Waals surface area contributed by atoms with Crippen LogP contribution in [0.4, 0.5) is 0 Å². The van der Waals surface area contributed by atoms with Crippen molar-refractivity contribution in [1.29, 1.82) is 0 Å². The molecule has 11 aromatic rings. The third-order valence-corrected chi connectivity index (χ3v) is 15.4. The Morgan fingerprint density at radius 3 is 1.73 bits per heavy atom. The van der Waals surface area contributed by atoms with Gasteiger partial charge in [-0.05, 0) is 126 Å². The molecule has 0 spiro atoms. The molecule has 0 unspecified atom stereocenters. The molecule has 0 bridgehead atoms. The molecule has 77 heavy (non-hydrogen) atoms. The zero-order valence-electron chi connectivity index (χ0n) is 46.8. The summed E-state index contributed by atoms with van der Waals surface area (Å²) >= 11 is 0. The molecule has 1 N–H and O–H groups in total. The van der Waals surface area contributed by atoms with Crippen LogP contribution in [-0.4, -0.2) is 24.2 Å². The zero-order valence-corrected chi connectivity index (χ0v) is 49.1. The number of nitrogens with zero attached hydrogens (tertiary/aromatic N) is 4. The molecular formula is C71H69N4OPt-. The number of aryl methyl sites for hydroxylation is 1. The summed E-state index contributed by atoms with van der Waals surface area (Å²) in [6.07, 6.45) is 1.94. The van der Waals surface area contributed by atoms with E-state index in [1.807, 2.05) is 31.4 Å². The third kappa shape index (κ3) is 10.0. The fourth-order valence-electron chi connectivity index (χ4n) is 10.8. The molecule has 11 rings (SSSR count). The van der Waals surface area contributed by atoms with Crippen LogP contribution in [0, 0.1) is 6.07 Å². The normalized spacial score (nSPS) is 12.4. The van der Waals surface area contributed by atoms with Crippen molar-refractivity contribution in [3.8, 4) is 78.6 Å². The maximum atomic E-state index is 11.2. The molecule has 0 radical (unpaired) electrons. The van der Waals surface area contributed by atoms with Gasteiger partial charge >= 0.3 is 0 Å². The van der Waals surface area contributed by atoms with Crippen LogP contribution >= 0.6 is 0 Å². The topological polar surface area (TPSA) is 55.9 Å². The molecule has 0 atom stereocenters. The molecule has 5 nitrogen and oxygen atoms in total. The minimum atomic E-state index is -0.209. The molecule has 390 valence electrons. The van der Waals surface area contributed by atoms with Crippen LogP contribution in [0.1, 0.15) is 105 Å². The van der Waals surface area contributed by atoms with Crippen molar-refractivity contribution in [3.63, 3.8) is 0 Å². The van der Waals surface area contributed by atoms with Crippen molar-refractivity contribution in [1.82, 2.24) is 19.1 Å². The van der Waals surface area contributed by atoms with Crippen LogP contribution < -0.4 is 0 Å². The van der Waals surface area contributed by atoms with E-state index in [9.17, 15) is 5.11 Å². The van der Waals surface area contributed by atoms with Crippen LogP contribution in [-0.2, 0) is 49.8 Å². The van der Waals surface area contributed by atoms with E-state index in [1.165, 1.54) is 44.2 Å². The molecule has 0 saturated heterocycles. The first-order chi connectivity index (χ1) is 36.0. The SMILES string of the molecule is Cn1c(-c2ccccc2O)nc2c(-c3[c-]c(-c4cc(-c5ccc6c(c5)c5ccccc5n6-c5cc(C(C)(C)C)cc(C(C)(C)C)c5)ccn4)cc(C(C)(C)C)c3)cc(-c3cc(C(C)(C)C)ccc3-c3ccccc3)cc21.[Pt]. The van der Waals surface area contributed by atoms with Crippen molar-refractivity contribution in [3.05, 3.63) is 204 Å². The van der Waals surface area contributed by atoms with Gasteiger partial charge in [-0.2, -0.15) is 0 Å². The predicted molar refractivity (Wildman–Crippen MR) is 321 cm³/mol. The van der Waals surface area contributed by atoms with Gasteiger partial charge in [-0.15, -0.1) is 29.3 Å². The van der Waals surface area contributed by atoms with Gasteiger partial charge in [-0.3, -0.25) is 4.98 Å². The molecule has 3 heterocycles. The van der Waals surface area contributed by atoms with Gasteiger partial charge in [-0.25, -0.2) is 4.98 Å². The van der Waals surface area contributed by atoms with Crippen LogP contribution in [0.3, 0.4) is 0 Å². The fourth-order valence-corrected chi connectivity index (χ4v) is 10.8. The van der Waals surface area contributed by atoms with Crippen molar-refractivity contribution < 1.29 is 26.2 Å². The number of phenolic OH excluding ortho intramolecular Hbond substituents is 1. The second-order valence-corrected chi connectivity index (χ2v) is 25.0. The van der Waals surface area contributed by atoms with Gasteiger partial charge in [0, 0.05) is 56.5 Å². The average Bonchev–Trinajstić information content (AvgIpc) is 4.01. The molecule has 8 aromatic carbocycles. The zero-order chi connectivity index (χ0) is 53.6. The number of hydrogen-bond donors (Lipinski definition) is 1. The number of hydrogen-bond acceptors (Lipinski definition) is 3. The number of aromatic hydroxyl groups is 1. The first kappa shape index (κ1) is 53.1. The number of para-hydroxylation sites is 2. The van der Waals surface area contributed by atoms with Gasteiger partial charge in [0.15, 0.2) is 0 Å². The Balaban J connectivity index is 0.00000672.